The summed E-state index contributed by atoms with van der Waals surface area (Å²) >= 11 is 6.60. The average molecular weight is 398 g/mol. The number of nitrogens with zero attached hydrogens (tertiary/aromatic N) is 1. The van der Waals surface area contributed by atoms with Gasteiger partial charge in [0.05, 0.1) is 16.8 Å². The molecular weight excluding hydrogens is 391 g/mol. The molecule has 0 atom stereocenters. The van der Waals surface area contributed by atoms with E-state index in [-0.39, 0.29) is 26.1 Å². The van der Waals surface area contributed by atoms with Crippen LogP contribution in [0.4, 0.5) is 13.2 Å². The molecule has 26 heavy (non-hydrogen) atoms. The first-order valence-corrected chi connectivity index (χ1v) is 8.36. The molecule has 0 fully saturated rings. The minimum Gasteiger partial charge on any atom is -0.305 e. The molecule has 1 aromatic carbocycles. The summed E-state index contributed by atoms with van der Waals surface area (Å²) in [4.78, 5) is 32.0. The average Bonchev–Trinajstić information content (AvgIpc) is 2.92. The van der Waals surface area contributed by atoms with E-state index in [9.17, 15) is 22.8 Å². The third kappa shape index (κ3) is 2.69. The molecule has 0 saturated carbocycles. The van der Waals surface area contributed by atoms with Crippen molar-refractivity contribution in [3.05, 3.63) is 61.8 Å². The van der Waals surface area contributed by atoms with Crippen molar-refractivity contribution in [3.63, 3.8) is 0 Å². The molecule has 4 aromatic rings. The minimum atomic E-state index is -4.70. The van der Waals surface area contributed by atoms with E-state index in [4.69, 9.17) is 11.6 Å². The van der Waals surface area contributed by atoms with Crippen LogP contribution >= 0.6 is 22.9 Å². The van der Waals surface area contributed by atoms with Gasteiger partial charge in [0.15, 0.2) is 0 Å². The Bertz CT molecular complexity index is 1270. The van der Waals surface area contributed by atoms with Crippen LogP contribution in [-0.2, 0) is 6.18 Å². The predicted octanol–water partition coefficient (Wildman–Crippen LogP) is 4.17. The number of benzene rings is 1. The van der Waals surface area contributed by atoms with Crippen molar-refractivity contribution in [1.29, 1.82) is 0 Å². The Balaban J connectivity index is 2.15. The van der Waals surface area contributed by atoms with E-state index in [2.05, 4.69) is 9.97 Å². The van der Waals surface area contributed by atoms with E-state index in [0.717, 1.165) is 17.4 Å². The molecule has 0 aliphatic rings. The van der Waals surface area contributed by atoms with E-state index in [0.29, 0.717) is 10.6 Å². The standard InChI is InChI=1S/C16H7ClF3N3O2S/c17-7-3-1-6(2-4-7)9-5-8(16(18,19)20)10-11-12(26-14(10)21-9)13(24)23-15(25)22-11/h1-5H,(H2,22,23,24,25). The Labute approximate surface area is 151 Å². The quantitative estimate of drug-likeness (QED) is 0.506. The number of halogens is 4. The largest absolute Gasteiger partial charge is 0.417 e. The molecule has 0 unspecified atom stereocenters. The fourth-order valence-corrected chi connectivity index (χ4v) is 3.85. The summed E-state index contributed by atoms with van der Waals surface area (Å²) < 4.78 is 41.0. The van der Waals surface area contributed by atoms with Crippen LogP contribution in [0.15, 0.2) is 39.9 Å². The highest BCUT2D eigenvalue weighted by molar-refractivity contribution is 7.25. The molecular formula is C16H7ClF3N3O2S. The van der Waals surface area contributed by atoms with Crippen LogP contribution in [0.3, 0.4) is 0 Å². The number of pyridine rings is 1. The third-order valence-electron chi connectivity index (χ3n) is 3.78. The van der Waals surface area contributed by atoms with E-state index in [1.807, 2.05) is 4.98 Å². The lowest BCUT2D eigenvalue weighted by Gasteiger charge is -2.11. The van der Waals surface area contributed by atoms with Crippen LogP contribution in [0.2, 0.25) is 5.02 Å². The molecule has 0 saturated heterocycles. The predicted molar refractivity (Wildman–Crippen MR) is 93.8 cm³/mol. The SMILES string of the molecule is O=c1[nH]c(=O)c2sc3nc(-c4ccc(Cl)cc4)cc(C(F)(F)F)c3c2[nH]1. The molecule has 3 aromatic heterocycles. The van der Waals surface area contributed by atoms with Gasteiger partial charge >= 0.3 is 11.9 Å². The van der Waals surface area contributed by atoms with Crippen molar-refractivity contribution in [2.75, 3.05) is 0 Å². The summed E-state index contributed by atoms with van der Waals surface area (Å²) in [5, 5.41) is 0.148. The first kappa shape index (κ1) is 16.8. The Hall–Kier alpha value is -2.65. The lowest BCUT2D eigenvalue weighted by atomic mass is 10.1. The van der Waals surface area contributed by atoms with Crippen LogP contribution < -0.4 is 11.2 Å². The highest BCUT2D eigenvalue weighted by Gasteiger charge is 2.35. The van der Waals surface area contributed by atoms with Gasteiger partial charge in [-0.05, 0) is 18.2 Å². The van der Waals surface area contributed by atoms with Crippen molar-refractivity contribution >= 4 is 43.4 Å². The van der Waals surface area contributed by atoms with E-state index in [1.54, 1.807) is 24.3 Å². The molecule has 10 heteroatoms. The van der Waals surface area contributed by atoms with Gasteiger partial charge in [-0.3, -0.25) is 9.78 Å². The number of aromatic nitrogens is 3. The molecule has 3 heterocycles. The number of thiophene rings is 1. The van der Waals surface area contributed by atoms with Gasteiger partial charge < -0.3 is 4.98 Å². The van der Waals surface area contributed by atoms with Gasteiger partial charge in [0.1, 0.15) is 9.53 Å². The number of alkyl halides is 3. The summed E-state index contributed by atoms with van der Waals surface area (Å²) in [6.07, 6.45) is -4.70. The van der Waals surface area contributed by atoms with Gasteiger partial charge in [-0.15, -0.1) is 11.3 Å². The highest BCUT2D eigenvalue weighted by Crippen LogP contribution is 2.41. The van der Waals surface area contributed by atoms with Crippen LogP contribution in [0.1, 0.15) is 5.56 Å². The third-order valence-corrected chi connectivity index (χ3v) is 5.11. The normalized spacial score (nSPS) is 12.2. The van der Waals surface area contributed by atoms with E-state index in [1.165, 1.54) is 0 Å². The highest BCUT2D eigenvalue weighted by atomic mass is 35.5. The maximum absolute atomic E-state index is 13.7. The number of H-pyrrole nitrogens is 2. The first-order valence-electron chi connectivity index (χ1n) is 7.17. The zero-order valence-electron chi connectivity index (χ0n) is 12.6. The van der Waals surface area contributed by atoms with Gasteiger partial charge in [0.25, 0.3) is 5.56 Å². The Morgan fingerprint density at radius 3 is 2.42 bits per heavy atom. The molecule has 2 N–H and O–H groups in total. The zero-order chi connectivity index (χ0) is 18.6. The molecule has 0 aliphatic carbocycles. The second-order valence-electron chi connectivity index (χ2n) is 5.45. The van der Waals surface area contributed by atoms with Gasteiger partial charge in [-0.2, -0.15) is 13.2 Å². The summed E-state index contributed by atoms with van der Waals surface area (Å²) in [6, 6.07) is 7.10. The molecule has 0 radical (unpaired) electrons. The summed E-state index contributed by atoms with van der Waals surface area (Å²) in [5.41, 5.74) is -2.24. The summed E-state index contributed by atoms with van der Waals surface area (Å²) in [5.74, 6) is 0. The van der Waals surface area contributed by atoms with Crippen molar-refractivity contribution in [1.82, 2.24) is 15.0 Å². The molecule has 0 spiro atoms. The van der Waals surface area contributed by atoms with E-state index < -0.39 is 23.0 Å². The summed E-state index contributed by atoms with van der Waals surface area (Å²) in [7, 11) is 0. The fourth-order valence-electron chi connectivity index (χ4n) is 2.67. The van der Waals surface area contributed by atoms with Gasteiger partial charge in [-0.25, -0.2) is 9.78 Å². The van der Waals surface area contributed by atoms with Crippen molar-refractivity contribution in [2.24, 2.45) is 0 Å². The second kappa shape index (κ2) is 5.68. The molecule has 132 valence electrons. The van der Waals surface area contributed by atoms with Crippen molar-refractivity contribution in [3.8, 4) is 11.3 Å². The maximum atomic E-state index is 13.7. The lowest BCUT2D eigenvalue weighted by molar-refractivity contribution is -0.136. The van der Waals surface area contributed by atoms with Crippen LogP contribution in [0, 0.1) is 0 Å². The second-order valence-corrected chi connectivity index (χ2v) is 6.89. The fraction of sp³-hybridized carbons (Fsp3) is 0.0625. The monoisotopic (exact) mass is 397 g/mol. The Morgan fingerprint density at radius 1 is 1.08 bits per heavy atom. The maximum Gasteiger partial charge on any atom is 0.417 e. The lowest BCUT2D eigenvalue weighted by Crippen LogP contribution is -2.20. The van der Waals surface area contributed by atoms with Crippen molar-refractivity contribution in [2.45, 2.75) is 6.18 Å². The number of hydrogen-bond donors (Lipinski definition) is 2. The molecule has 0 bridgehead atoms. The zero-order valence-corrected chi connectivity index (χ0v) is 14.1. The van der Waals surface area contributed by atoms with Crippen LogP contribution in [-0.4, -0.2) is 15.0 Å². The topological polar surface area (TPSA) is 78.6 Å². The number of aromatic amines is 2. The van der Waals surface area contributed by atoms with E-state index >= 15 is 0 Å². The van der Waals surface area contributed by atoms with Gasteiger partial charge in [0, 0.05) is 16.0 Å². The number of fused-ring (bicyclic) bond motifs is 3. The molecule has 0 amide bonds. The van der Waals surface area contributed by atoms with Crippen LogP contribution in [0.5, 0.6) is 0 Å². The van der Waals surface area contributed by atoms with Gasteiger partial charge in [0.2, 0.25) is 0 Å². The number of nitrogens with one attached hydrogen (secondary N) is 2. The summed E-state index contributed by atoms with van der Waals surface area (Å²) in [6.45, 7) is 0. The number of hydrogen-bond acceptors (Lipinski definition) is 4. The number of rotatable bonds is 1. The first-order chi connectivity index (χ1) is 12.2. The smallest absolute Gasteiger partial charge is 0.305 e. The Kier molecular flexibility index (Phi) is 3.67. The minimum absolute atomic E-state index is 0.00660. The molecule has 4 rings (SSSR count). The van der Waals surface area contributed by atoms with Crippen LogP contribution in [0.25, 0.3) is 31.7 Å². The van der Waals surface area contributed by atoms with Crippen molar-refractivity contribution < 1.29 is 13.2 Å². The molecule has 5 nitrogen and oxygen atoms in total. The molecule has 0 aliphatic heterocycles. The van der Waals surface area contributed by atoms with Gasteiger partial charge in [-0.1, -0.05) is 23.7 Å². The Morgan fingerprint density at radius 2 is 1.77 bits per heavy atom.